The molecular weight excluding hydrogens is 318 g/mol. The van der Waals surface area contributed by atoms with Gasteiger partial charge in [-0.2, -0.15) is 0 Å². The summed E-state index contributed by atoms with van der Waals surface area (Å²) in [4.78, 5) is 15.8. The smallest absolute Gasteiger partial charge is 0.345 e. The summed E-state index contributed by atoms with van der Waals surface area (Å²) in [6.45, 7) is 0. The standard InChI is InChI=1S/C16H10BrNO2/c17-14-5-3-12-9-15(6-4-11(12)8-14)20-16(19)13-2-1-7-18-10-13/h1-10H. The lowest BCUT2D eigenvalue weighted by Crippen LogP contribution is -2.08. The van der Waals surface area contributed by atoms with Gasteiger partial charge in [0.2, 0.25) is 0 Å². The minimum absolute atomic E-state index is 0.408. The maximum Gasteiger partial charge on any atom is 0.345 e. The van der Waals surface area contributed by atoms with E-state index >= 15 is 0 Å². The number of carbonyl (C=O) groups is 1. The molecule has 0 fully saturated rings. The molecule has 4 heteroatoms. The van der Waals surface area contributed by atoms with Crippen LogP contribution in [-0.4, -0.2) is 11.0 Å². The van der Waals surface area contributed by atoms with E-state index in [4.69, 9.17) is 4.74 Å². The first kappa shape index (κ1) is 12.8. The summed E-state index contributed by atoms with van der Waals surface area (Å²) in [5.74, 6) is 0.114. The molecule has 0 atom stereocenters. The Hall–Kier alpha value is -2.20. The number of esters is 1. The number of aromatic nitrogens is 1. The number of nitrogens with zero attached hydrogens (tertiary/aromatic N) is 1. The maximum absolute atomic E-state index is 11.9. The van der Waals surface area contributed by atoms with Crippen LogP contribution in [0.2, 0.25) is 0 Å². The number of fused-ring (bicyclic) bond motifs is 1. The van der Waals surface area contributed by atoms with E-state index in [0.29, 0.717) is 11.3 Å². The van der Waals surface area contributed by atoms with Crippen LogP contribution in [-0.2, 0) is 0 Å². The molecule has 0 aliphatic rings. The quantitative estimate of drug-likeness (QED) is 0.522. The van der Waals surface area contributed by atoms with Gasteiger partial charge in [-0.1, -0.05) is 28.1 Å². The number of rotatable bonds is 2. The number of benzene rings is 2. The normalized spacial score (nSPS) is 10.4. The van der Waals surface area contributed by atoms with Crippen LogP contribution < -0.4 is 4.74 Å². The van der Waals surface area contributed by atoms with Crippen molar-refractivity contribution in [2.24, 2.45) is 0 Å². The molecule has 3 rings (SSSR count). The zero-order chi connectivity index (χ0) is 13.9. The summed E-state index contributed by atoms with van der Waals surface area (Å²) >= 11 is 3.43. The van der Waals surface area contributed by atoms with Gasteiger partial charge in [0, 0.05) is 16.9 Å². The minimum atomic E-state index is -0.408. The molecule has 20 heavy (non-hydrogen) atoms. The van der Waals surface area contributed by atoms with Crippen LogP contribution in [0.3, 0.4) is 0 Å². The fourth-order valence-electron chi connectivity index (χ4n) is 1.91. The summed E-state index contributed by atoms with van der Waals surface area (Å²) < 4.78 is 6.37. The average molecular weight is 328 g/mol. The van der Waals surface area contributed by atoms with Crippen molar-refractivity contribution < 1.29 is 9.53 Å². The summed E-state index contributed by atoms with van der Waals surface area (Å²) in [6.07, 6.45) is 3.10. The van der Waals surface area contributed by atoms with Crippen molar-refractivity contribution in [3.63, 3.8) is 0 Å². The number of pyridine rings is 1. The predicted molar refractivity (Wildman–Crippen MR) is 80.8 cm³/mol. The second-order valence-corrected chi connectivity index (χ2v) is 5.20. The van der Waals surface area contributed by atoms with Gasteiger partial charge in [-0.3, -0.25) is 4.98 Å². The molecule has 0 spiro atoms. The van der Waals surface area contributed by atoms with Crippen LogP contribution in [0.5, 0.6) is 5.75 Å². The van der Waals surface area contributed by atoms with E-state index in [2.05, 4.69) is 20.9 Å². The van der Waals surface area contributed by atoms with Crippen molar-refractivity contribution in [1.82, 2.24) is 4.98 Å². The summed E-state index contributed by atoms with van der Waals surface area (Å²) in [7, 11) is 0. The Morgan fingerprint density at radius 2 is 1.85 bits per heavy atom. The predicted octanol–water partition coefficient (Wildman–Crippen LogP) is 4.22. The van der Waals surface area contributed by atoms with Crippen LogP contribution in [0.25, 0.3) is 10.8 Å². The van der Waals surface area contributed by atoms with E-state index in [9.17, 15) is 4.79 Å². The first-order chi connectivity index (χ1) is 9.72. The van der Waals surface area contributed by atoms with Gasteiger partial charge in [0.05, 0.1) is 5.56 Å². The molecule has 0 N–H and O–H groups in total. The molecule has 2 aromatic carbocycles. The molecule has 0 saturated heterocycles. The molecule has 98 valence electrons. The Labute approximate surface area is 124 Å². The van der Waals surface area contributed by atoms with Crippen molar-refractivity contribution in [3.05, 3.63) is 71.0 Å². The van der Waals surface area contributed by atoms with Crippen molar-refractivity contribution >= 4 is 32.7 Å². The third-order valence-electron chi connectivity index (χ3n) is 2.88. The van der Waals surface area contributed by atoms with E-state index in [1.165, 1.54) is 6.20 Å². The fourth-order valence-corrected chi connectivity index (χ4v) is 2.29. The molecule has 0 saturated carbocycles. The van der Waals surface area contributed by atoms with Gasteiger partial charge in [-0.05, 0) is 47.2 Å². The van der Waals surface area contributed by atoms with Crippen LogP contribution in [0.15, 0.2) is 65.4 Å². The lowest BCUT2D eigenvalue weighted by molar-refractivity contribution is 0.0734. The molecule has 3 nitrogen and oxygen atoms in total. The highest BCUT2D eigenvalue weighted by atomic mass is 79.9. The van der Waals surface area contributed by atoms with E-state index in [1.54, 1.807) is 24.4 Å². The van der Waals surface area contributed by atoms with Crippen molar-refractivity contribution in [1.29, 1.82) is 0 Å². The van der Waals surface area contributed by atoms with Gasteiger partial charge in [-0.15, -0.1) is 0 Å². The summed E-state index contributed by atoms with van der Waals surface area (Å²) in [5, 5.41) is 2.10. The highest BCUT2D eigenvalue weighted by molar-refractivity contribution is 9.10. The second-order valence-electron chi connectivity index (χ2n) is 4.28. The first-order valence-electron chi connectivity index (χ1n) is 6.04. The van der Waals surface area contributed by atoms with Crippen molar-refractivity contribution in [2.75, 3.05) is 0 Å². The van der Waals surface area contributed by atoms with Crippen LogP contribution in [0, 0.1) is 0 Å². The summed E-state index contributed by atoms with van der Waals surface area (Å²) in [6, 6.07) is 14.9. The summed E-state index contributed by atoms with van der Waals surface area (Å²) in [5.41, 5.74) is 0.434. The number of hydrogen-bond acceptors (Lipinski definition) is 3. The highest BCUT2D eigenvalue weighted by Gasteiger charge is 2.08. The van der Waals surface area contributed by atoms with Gasteiger partial charge in [0.1, 0.15) is 5.75 Å². The number of halogens is 1. The largest absolute Gasteiger partial charge is 0.423 e. The lowest BCUT2D eigenvalue weighted by atomic mass is 10.1. The molecule has 0 radical (unpaired) electrons. The topological polar surface area (TPSA) is 39.2 Å². The number of ether oxygens (including phenoxy) is 1. The molecule has 0 unspecified atom stereocenters. The van der Waals surface area contributed by atoms with Crippen LogP contribution >= 0.6 is 15.9 Å². The van der Waals surface area contributed by atoms with Gasteiger partial charge in [0.25, 0.3) is 0 Å². The van der Waals surface area contributed by atoms with E-state index in [1.807, 2.05) is 30.3 Å². The molecule has 1 aromatic heterocycles. The van der Waals surface area contributed by atoms with Crippen LogP contribution in [0.4, 0.5) is 0 Å². The molecule has 0 bridgehead atoms. The maximum atomic E-state index is 11.9. The first-order valence-corrected chi connectivity index (χ1v) is 6.83. The average Bonchev–Trinajstić information content (AvgIpc) is 2.48. The zero-order valence-corrected chi connectivity index (χ0v) is 12.0. The third kappa shape index (κ3) is 2.70. The van der Waals surface area contributed by atoms with E-state index in [-0.39, 0.29) is 0 Å². The minimum Gasteiger partial charge on any atom is -0.423 e. The number of carbonyl (C=O) groups excluding carboxylic acids is 1. The Morgan fingerprint density at radius 3 is 2.65 bits per heavy atom. The highest BCUT2D eigenvalue weighted by Crippen LogP contribution is 2.24. The van der Waals surface area contributed by atoms with E-state index < -0.39 is 5.97 Å². The van der Waals surface area contributed by atoms with Gasteiger partial charge < -0.3 is 4.74 Å². The van der Waals surface area contributed by atoms with Gasteiger partial charge in [0.15, 0.2) is 0 Å². The SMILES string of the molecule is O=C(Oc1ccc2cc(Br)ccc2c1)c1cccnc1. The van der Waals surface area contributed by atoms with E-state index in [0.717, 1.165) is 15.2 Å². The monoisotopic (exact) mass is 327 g/mol. The van der Waals surface area contributed by atoms with Crippen molar-refractivity contribution in [2.45, 2.75) is 0 Å². The molecule has 0 aliphatic carbocycles. The van der Waals surface area contributed by atoms with Gasteiger partial charge >= 0.3 is 5.97 Å². The molecule has 1 heterocycles. The number of hydrogen-bond donors (Lipinski definition) is 0. The molecule has 0 amide bonds. The lowest BCUT2D eigenvalue weighted by Gasteiger charge is -2.05. The fraction of sp³-hybridized carbons (Fsp3) is 0. The van der Waals surface area contributed by atoms with Crippen molar-refractivity contribution in [3.8, 4) is 5.75 Å². The van der Waals surface area contributed by atoms with Gasteiger partial charge in [-0.25, -0.2) is 4.79 Å². The molecule has 3 aromatic rings. The molecule has 0 aliphatic heterocycles. The molecular formula is C16H10BrNO2. The van der Waals surface area contributed by atoms with Crippen LogP contribution in [0.1, 0.15) is 10.4 Å². The Morgan fingerprint density at radius 1 is 1.05 bits per heavy atom. The second kappa shape index (κ2) is 5.43. The zero-order valence-electron chi connectivity index (χ0n) is 10.4. The Balaban J connectivity index is 1.88. The third-order valence-corrected chi connectivity index (χ3v) is 3.37. The Bertz CT molecular complexity index is 772. The Kier molecular flexibility index (Phi) is 3.48.